The maximum atomic E-state index is 14.8. The SMILES string of the molecule is Cc1cn2c(Nc3cc([C@H]4OC[C@@H](OC(=O)NC(C)C)[C@H]4F)[nH]n3)nccc2n1. The predicted octanol–water partition coefficient (Wildman–Crippen LogP) is 2.42. The molecule has 10 nitrogen and oxygen atoms in total. The number of aryl methyl sites for hydroxylation is 1. The van der Waals surface area contributed by atoms with Crippen LogP contribution in [-0.2, 0) is 9.47 Å². The van der Waals surface area contributed by atoms with Gasteiger partial charge in [-0.1, -0.05) is 0 Å². The number of rotatable bonds is 5. The van der Waals surface area contributed by atoms with E-state index in [1.165, 1.54) is 0 Å². The smallest absolute Gasteiger partial charge is 0.407 e. The van der Waals surface area contributed by atoms with E-state index < -0.39 is 24.5 Å². The van der Waals surface area contributed by atoms with Gasteiger partial charge in [0.2, 0.25) is 5.95 Å². The molecule has 1 aliphatic heterocycles. The molecule has 29 heavy (non-hydrogen) atoms. The third-order valence-corrected chi connectivity index (χ3v) is 4.40. The normalized spacial score (nSPS) is 21.6. The molecule has 0 spiro atoms. The van der Waals surface area contributed by atoms with Crippen LogP contribution in [0, 0.1) is 6.92 Å². The maximum absolute atomic E-state index is 14.8. The van der Waals surface area contributed by atoms with Crippen molar-refractivity contribution in [1.29, 1.82) is 0 Å². The summed E-state index contributed by atoms with van der Waals surface area (Å²) < 4.78 is 27.2. The van der Waals surface area contributed by atoms with E-state index in [9.17, 15) is 9.18 Å². The zero-order valence-electron chi connectivity index (χ0n) is 16.2. The number of H-pyrrole nitrogens is 1. The van der Waals surface area contributed by atoms with Gasteiger partial charge in [-0.05, 0) is 26.8 Å². The predicted molar refractivity (Wildman–Crippen MR) is 102 cm³/mol. The van der Waals surface area contributed by atoms with Crippen LogP contribution < -0.4 is 10.6 Å². The summed E-state index contributed by atoms with van der Waals surface area (Å²) in [5.41, 5.74) is 2.04. The van der Waals surface area contributed by atoms with Crippen LogP contribution in [0.2, 0.25) is 0 Å². The fraction of sp³-hybridized carbons (Fsp3) is 0.444. The number of ether oxygens (including phenoxy) is 2. The van der Waals surface area contributed by atoms with Gasteiger partial charge in [-0.2, -0.15) is 5.10 Å². The first-order chi connectivity index (χ1) is 13.9. The molecule has 4 rings (SSSR count). The van der Waals surface area contributed by atoms with Crippen molar-refractivity contribution in [2.75, 3.05) is 11.9 Å². The fourth-order valence-corrected chi connectivity index (χ4v) is 3.14. The summed E-state index contributed by atoms with van der Waals surface area (Å²) in [6, 6.07) is 3.33. The molecule has 0 saturated carbocycles. The lowest BCUT2D eigenvalue weighted by Gasteiger charge is -2.16. The lowest BCUT2D eigenvalue weighted by atomic mass is 10.1. The highest BCUT2D eigenvalue weighted by molar-refractivity contribution is 5.67. The highest BCUT2D eigenvalue weighted by atomic mass is 19.1. The number of hydrogen-bond acceptors (Lipinski definition) is 7. The molecule has 0 radical (unpaired) electrons. The molecule has 0 unspecified atom stereocenters. The molecule has 3 atom stereocenters. The lowest BCUT2D eigenvalue weighted by molar-refractivity contribution is 0.0615. The average molecular weight is 403 g/mol. The molecule has 3 aromatic heterocycles. The van der Waals surface area contributed by atoms with Gasteiger partial charge < -0.3 is 20.1 Å². The number of aromatic nitrogens is 5. The average Bonchev–Trinajstić information content (AvgIpc) is 3.34. The summed E-state index contributed by atoms with van der Waals surface area (Å²) in [4.78, 5) is 20.4. The highest BCUT2D eigenvalue weighted by Crippen LogP contribution is 2.33. The largest absolute Gasteiger partial charge is 0.441 e. The number of nitrogens with zero attached hydrogens (tertiary/aromatic N) is 4. The van der Waals surface area contributed by atoms with Crippen molar-refractivity contribution < 1.29 is 18.7 Å². The highest BCUT2D eigenvalue weighted by Gasteiger charge is 2.42. The second-order valence-electron chi connectivity index (χ2n) is 7.15. The van der Waals surface area contributed by atoms with E-state index >= 15 is 0 Å². The van der Waals surface area contributed by atoms with Gasteiger partial charge in [0.25, 0.3) is 0 Å². The molecule has 0 aliphatic carbocycles. The molecule has 1 aliphatic rings. The summed E-state index contributed by atoms with van der Waals surface area (Å²) in [5, 5.41) is 12.6. The number of nitrogens with one attached hydrogen (secondary N) is 3. The molecule has 0 aromatic carbocycles. The monoisotopic (exact) mass is 403 g/mol. The van der Waals surface area contributed by atoms with E-state index in [1.807, 2.05) is 13.1 Å². The van der Waals surface area contributed by atoms with Gasteiger partial charge in [0.05, 0.1) is 18.0 Å². The molecule has 1 amide bonds. The Labute approximate surface area is 165 Å². The molecular weight excluding hydrogens is 381 g/mol. The molecule has 0 bridgehead atoms. The van der Waals surface area contributed by atoms with E-state index in [2.05, 4.69) is 30.8 Å². The van der Waals surface area contributed by atoms with Gasteiger partial charge in [-0.25, -0.2) is 19.2 Å². The number of carbonyl (C=O) groups is 1. The third kappa shape index (κ3) is 3.99. The molecule has 4 heterocycles. The Hall–Kier alpha value is -3.21. The molecular formula is C18H22FN7O3. The Balaban J connectivity index is 1.44. The number of alkyl halides is 1. The summed E-state index contributed by atoms with van der Waals surface area (Å²) in [7, 11) is 0. The van der Waals surface area contributed by atoms with Crippen LogP contribution in [-0.4, -0.2) is 55.6 Å². The Morgan fingerprint density at radius 3 is 3.10 bits per heavy atom. The first-order valence-corrected chi connectivity index (χ1v) is 9.26. The van der Waals surface area contributed by atoms with Crippen LogP contribution in [0.25, 0.3) is 5.65 Å². The zero-order valence-corrected chi connectivity index (χ0v) is 16.2. The van der Waals surface area contributed by atoms with Gasteiger partial charge in [0.1, 0.15) is 11.8 Å². The third-order valence-electron chi connectivity index (χ3n) is 4.40. The van der Waals surface area contributed by atoms with Crippen LogP contribution in [0.15, 0.2) is 24.5 Å². The lowest BCUT2D eigenvalue weighted by Crippen LogP contribution is -2.36. The number of imidazole rings is 1. The van der Waals surface area contributed by atoms with Gasteiger partial charge >= 0.3 is 6.09 Å². The maximum Gasteiger partial charge on any atom is 0.407 e. The molecule has 3 N–H and O–H groups in total. The number of alkyl carbamates (subject to hydrolysis) is 1. The molecule has 3 aromatic rings. The Bertz CT molecular complexity index is 1020. The molecule has 154 valence electrons. The molecule has 11 heteroatoms. The number of aromatic amines is 1. The van der Waals surface area contributed by atoms with Crippen molar-refractivity contribution in [3.63, 3.8) is 0 Å². The standard InChI is InChI=1S/C18H22FN7O3/c1-9(2)21-18(27)29-12-8-28-16(15(12)19)11-6-13(25-24-11)23-17-20-5-4-14-22-10(3)7-26(14)17/h4-7,9,12,15-16H,8H2,1-3H3,(H,21,27)(H2,20,23,24,25)/t12-,15-,16-/m1/s1. The van der Waals surface area contributed by atoms with E-state index in [-0.39, 0.29) is 12.6 Å². The first kappa shape index (κ1) is 19.1. The van der Waals surface area contributed by atoms with E-state index in [1.54, 1.807) is 36.6 Å². The Morgan fingerprint density at radius 2 is 2.31 bits per heavy atom. The van der Waals surface area contributed by atoms with Gasteiger partial charge in [-0.3, -0.25) is 9.50 Å². The van der Waals surface area contributed by atoms with E-state index in [4.69, 9.17) is 9.47 Å². The Morgan fingerprint density at radius 1 is 1.48 bits per heavy atom. The van der Waals surface area contributed by atoms with Crippen molar-refractivity contribution in [1.82, 2.24) is 29.9 Å². The van der Waals surface area contributed by atoms with Crippen molar-refractivity contribution in [2.45, 2.75) is 45.2 Å². The van der Waals surface area contributed by atoms with E-state index in [0.717, 1.165) is 11.3 Å². The minimum atomic E-state index is -1.51. The van der Waals surface area contributed by atoms with Crippen molar-refractivity contribution in [2.24, 2.45) is 0 Å². The summed E-state index contributed by atoms with van der Waals surface area (Å²) in [5.74, 6) is 0.973. The molecule has 1 fully saturated rings. The fourth-order valence-electron chi connectivity index (χ4n) is 3.14. The quantitative estimate of drug-likeness (QED) is 0.599. The van der Waals surface area contributed by atoms with Crippen LogP contribution in [0.5, 0.6) is 0 Å². The number of anilines is 2. The number of hydrogen-bond donors (Lipinski definition) is 3. The minimum Gasteiger partial charge on any atom is -0.441 e. The van der Waals surface area contributed by atoms with Crippen LogP contribution >= 0.6 is 0 Å². The second-order valence-corrected chi connectivity index (χ2v) is 7.15. The zero-order chi connectivity index (χ0) is 20.5. The van der Waals surface area contributed by atoms with Crippen molar-refractivity contribution >= 4 is 23.5 Å². The first-order valence-electron chi connectivity index (χ1n) is 9.26. The molecule has 1 saturated heterocycles. The van der Waals surface area contributed by atoms with Crippen molar-refractivity contribution in [3.8, 4) is 0 Å². The Kier molecular flexibility index (Phi) is 5.05. The van der Waals surface area contributed by atoms with Crippen LogP contribution in [0.1, 0.15) is 31.3 Å². The number of carbonyl (C=O) groups excluding carboxylic acids is 1. The topological polar surface area (TPSA) is 118 Å². The number of halogens is 1. The number of fused-ring (bicyclic) bond motifs is 1. The number of amides is 1. The second kappa shape index (κ2) is 7.66. The van der Waals surface area contributed by atoms with Gasteiger partial charge in [0.15, 0.2) is 18.1 Å². The van der Waals surface area contributed by atoms with Gasteiger partial charge in [-0.15, -0.1) is 0 Å². The van der Waals surface area contributed by atoms with Gasteiger partial charge in [0, 0.05) is 24.5 Å². The van der Waals surface area contributed by atoms with Crippen LogP contribution in [0.4, 0.5) is 21.0 Å². The summed E-state index contributed by atoms with van der Waals surface area (Å²) >= 11 is 0. The van der Waals surface area contributed by atoms with Crippen molar-refractivity contribution in [3.05, 3.63) is 35.9 Å². The summed E-state index contributed by atoms with van der Waals surface area (Å²) in [6.07, 6.45) is -0.589. The summed E-state index contributed by atoms with van der Waals surface area (Å²) in [6.45, 7) is 5.44. The van der Waals surface area contributed by atoms with Crippen LogP contribution in [0.3, 0.4) is 0 Å². The minimum absolute atomic E-state index is 0.0334. The van der Waals surface area contributed by atoms with E-state index in [0.29, 0.717) is 17.5 Å².